The number of nitrogens with zero attached hydrogens (tertiary/aromatic N) is 9. The summed E-state index contributed by atoms with van der Waals surface area (Å²) in [5.74, 6) is 0.541. The number of aromatic nitrogens is 6. The van der Waals surface area contributed by atoms with E-state index in [2.05, 4.69) is 25.4 Å². The molecule has 1 amide bonds. The van der Waals surface area contributed by atoms with Crippen molar-refractivity contribution >= 4 is 17.5 Å². The summed E-state index contributed by atoms with van der Waals surface area (Å²) in [5.41, 5.74) is 2.28. The fraction of sp³-hybridized carbons (Fsp3) is 0.600. The molecule has 2 aliphatic rings. The van der Waals surface area contributed by atoms with Gasteiger partial charge in [0.2, 0.25) is 0 Å². The smallest absolute Gasteiger partial charge is 0.410 e. The lowest BCUT2D eigenvalue weighted by Crippen LogP contribution is -2.53. The molecule has 12 nitrogen and oxygen atoms in total. The second kappa shape index (κ2) is 12.1. The molecule has 1 saturated carbocycles. The van der Waals surface area contributed by atoms with E-state index in [0.717, 1.165) is 50.1 Å². The van der Waals surface area contributed by atoms with Crippen LogP contribution in [0.2, 0.25) is 0 Å². The lowest BCUT2D eigenvalue weighted by Gasteiger charge is -2.43. The summed E-state index contributed by atoms with van der Waals surface area (Å²) < 4.78 is 9.09. The predicted octanol–water partition coefficient (Wildman–Crippen LogP) is 4.04. The number of carbonyl (C=O) groups is 1. The first-order valence-corrected chi connectivity index (χ1v) is 14.9. The zero-order valence-electron chi connectivity index (χ0n) is 25.6. The van der Waals surface area contributed by atoms with Crippen LogP contribution >= 0.6 is 0 Å². The Kier molecular flexibility index (Phi) is 8.51. The number of rotatable bonds is 8. The molecule has 0 aromatic carbocycles. The first-order valence-electron chi connectivity index (χ1n) is 14.9. The molecule has 0 N–H and O–H groups in total. The summed E-state index contributed by atoms with van der Waals surface area (Å²) in [7, 11) is 3.87. The maximum Gasteiger partial charge on any atom is 0.410 e. The van der Waals surface area contributed by atoms with Crippen LogP contribution in [0.3, 0.4) is 0 Å². The standard InChI is InChI=1S/C30H43N9O3/c1-21(39-20-27(33-34-39)26-15-25(35(5)6)17-31-32-26)37-14-12-23(16-28(37)40)36-13-8-11-24(19-36)38(18-22-9-7-10-22)29(41)42-30(2,3)4/h12,14-17,20-22,24H,7-11,13,18-19H2,1-6H3/t21?,24-/m1/s1. The van der Waals surface area contributed by atoms with E-state index in [1.807, 2.05) is 63.7 Å². The van der Waals surface area contributed by atoms with Crippen LogP contribution in [-0.4, -0.2) is 86.1 Å². The van der Waals surface area contributed by atoms with Gasteiger partial charge in [-0.25, -0.2) is 9.48 Å². The average Bonchev–Trinajstić information content (AvgIpc) is 3.42. The normalized spacial score (nSPS) is 18.3. The van der Waals surface area contributed by atoms with Gasteiger partial charge in [0.05, 0.1) is 24.1 Å². The summed E-state index contributed by atoms with van der Waals surface area (Å²) in [6, 6.07) is 5.58. The number of piperidine rings is 1. The Morgan fingerprint density at radius 3 is 2.57 bits per heavy atom. The fourth-order valence-electron chi connectivity index (χ4n) is 5.51. The number of hydrogen-bond donors (Lipinski definition) is 0. The van der Waals surface area contributed by atoms with E-state index in [9.17, 15) is 9.59 Å². The summed E-state index contributed by atoms with van der Waals surface area (Å²) in [6.07, 6.45) is 10.0. The van der Waals surface area contributed by atoms with E-state index >= 15 is 0 Å². The van der Waals surface area contributed by atoms with Gasteiger partial charge in [-0.05, 0) is 71.4 Å². The maximum atomic E-state index is 13.3. The first kappa shape index (κ1) is 29.5. The number of anilines is 2. The van der Waals surface area contributed by atoms with E-state index in [-0.39, 0.29) is 17.7 Å². The molecule has 5 rings (SSSR count). The summed E-state index contributed by atoms with van der Waals surface area (Å²) >= 11 is 0. The van der Waals surface area contributed by atoms with E-state index in [1.165, 1.54) is 6.42 Å². The topological polar surface area (TPSA) is 115 Å². The Balaban J connectivity index is 1.30. The van der Waals surface area contributed by atoms with Crippen molar-refractivity contribution in [3.63, 3.8) is 0 Å². The van der Waals surface area contributed by atoms with Crippen molar-refractivity contribution in [3.05, 3.63) is 47.1 Å². The van der Waals surface area contributed by atoms with Gasteiger partial charge in [-0.2, -0.15) is 5.10 Å². The quantitative estimate of drug-likeness (QED) is 0.391. The number of carbonyl (C=O) groups excluding carboxylic acids is 1. The molecule has 4 heterocycles. The second-order valence-corrected chi connectivity index (χ2v) is 12.7. The molecule has 2 fully saturated rings. The second-order valence-electron chi connectivity index (χ2n) is 12.7. The number of hydrogen-bond acceptors (Lipinski definition) is 9. The molecular weight excluding hydrogens is 534 g/mol. The molecule has 42 heavy (non-hydrogen) atoms. The molecule has 3 aromatic heterocycles. The van der Waals surface area contributed by atoms with Crippen LogP contribution in [0.15, 0.2) is 41.6 Å². The van der Waals surface area contributed by atoms with Gasteiger partial charge in [-0.1, -0.05) is 11.6 Å². The minimum Gasteiger partial charge on any atom is -0.444 e. The molecule has 226 valence electrons. The monoisotopic (exact) mass is 577 g/mol. The molecular formula is C30H43N9O3. The minimum absolute atomic E-state index is 0.0400. The van der Waals surface area contributed by atoms with Crippen LogP contribution in [0.4, 0.5) is 16.2 Å². The maximum absolute atomic E-state index is 13.3. The van der Waals surface area contributed by atoms with Gasteiger partial charge in [0.15, 0.2) is 0 Å². The molecule has 0 radical (unpaired) electrons. The average molecular weight is 578 g/mol. The van der Waals surface area contributed by atoms with Crippen molar-refractivity contribution in [1.29, 1.82) is 0 Å². The van der Waals surface area contributed by atoms with Crippen LogP contribution in [-0.2, 0) is 4.74 Å². The summed E-state index contributed by atoms with van der Waals surface area (Å²) in [4.78, 5) is 32.7. The summed E-state index contributed by atoms with van der Waals surface area (Å²) in [5, 5.41) is 16.8. The third-order valence-corrected chi connectivity index (χ3v) is 8.16. The number of pyridine rings is 1. The Morgan fingerprint density at radius 2 is 1.90 bits per heavy atom. The van der Waals surface area contributed by atoms with Crippen LogP contribution in [0.25, 0.3) is 11.4 Å². The predicted molar refractivity (Wildman–Crippen MR) is 162 cm³/mol. The van der Waals surface area contributed by atoms with Gasteiger partial charge >= 0.3 is 6.09 Å². The van der Waals surface area contributed by atoms with Gasteiger partial charge in [-0.3, -0.25) is 9.36 Å². The highest BCUT2D eigenvalue weighted by molar-refractivity contribution is 5.69. The highest BCUT2D eigenvalue weighted by atomic mass is 16.6. The lowest BCUT2D eigenvalue weighted by molar-refractivity contribution is 0.00736. The lowest BCUT2D eigenvalue weighted by atomic mass is 9.84. The van der Waals surface area contributed by atoms with Crippen molar-refractivity contribution in [2.75, 3.05) is 43.5 Å². The first-order chi connectivity index (χ1) is 20.0. The zero-order valence-corrected chi connectivity index (χ0v) is 25.6. The highest BCUT2D eigenvalue weighted by Crippen LogP contribution is 2.31. The zero-order chi connectivity index (χ0) is 30.0. The Labute approximate surface area is 247 Å². The SMILES string of the molecule is CC(n1cc(-c2cc(N(C)C)cnn2)nn1)n1ccc(N2CCC[C@@H](N(CC3CCC3)C(=O)OC(C)(C)C)C2)cc1=O. The van der Waals surface area contributed by atoms with Gasteiger partial charge in [-0.15, -0.1) is 10.2 Å². The van der Waals surface area contributed by atoms with Gasteiger partial charge in [0, 0.05) is 51.7 Å². The molecule has 1 aliphatic carbocycles. The fourth-order valence-corrected chi connectivity index (χ4v) is 5.51. The molecule has 1 unspecified atom stereocenters. The van der Waals surface area contributed by atoms with Gasteiger partial charge in [0.1, 0.15) is 23.2 Å². The van der Waals surface area contributed by atoms with Crippen LogP contribution in [0, 0.1) is 5.92 Å². The van der Waals surface area contributed by atoms with Gasteiger partial charge < -0.3 is 19.4 Å². The molecule has 12 heteroatoms. The molecule has 1 aliphatic heterocycles. The third-order valence-electron chi connectivity index (χ3n) is 8.16. The molecule has 2 atom stereocenters. The summed E-state index contributed by atoms with van der Waals surface area (Å²) in [6.45, 7) is 9.87. The molecule has 0 spiro atoms. The number of ether oxygens (including phenoxy) is 1. The van der Waals surface area contributed by atoms with E-state index in [1.54, 1.807) is 33.9 Å². The van der Waals surface area contributed by atoms with E-state index < -0.39 is 11.8 Å². The van der Waals surface area contributed by atoms with Crippen molar-refractivity contribution in [2.45, 2.75) is 77.6 Å². The van der Waals surface area contributed by atoms with Crippen LogP contribution in [0.1, 0.15) is 66.0 Å². The van der Waals surface area contributed by atoms with Gasteiger partial charge in [0.25, 0.3) is 5.56 Å². The van der Waals surface area contributed by atoms with Crippen LogP contribution < -0.4 is 15.4 Å². The van der Waals surface area contributed by atoms with E-state index in [4.69, 9.17) is 4.74 Å². The highest BCUT2D eigenvalue weighted by Gasteiger charge is 2.34. The number of amides is 1. The van der Waals surface area contributed by atoms with Crippen molar-refractivity contribution < 1.29 is 9.53 Å². The van der Waals surface area contributed by atoms with E-state index in [0.29, 0.717) is 23.9 Å². The van der Waals surface area contributed by atoms with Crippen molar-refractivity contribution in [3.8, 4) is 11.4 Å². The Hall–Kier alpha value is -3.96. The Morgan fingerprint density at radius 1 is 1.12 bits per heavy atom. The van der Waals surface area contributed by atoms with Crippen molar-refractivity contribution in [1.82, 2.24) is 34.7 Å². The molecule has 3 aromatic rings. The van der Waals surface area contributed by atoms with Crippen LogP contribution in [0.5, 0.6) is 0 Å². The third kappa shape index (κ3) is 6.74. The molecule has 0 bridgehead atoms. The molecule has 1 saturated heterocycles. The largest absolute Gasteiger partial charge is 0.444 e. The minimum atomic E-state index is -0.543. The van der Waals surface area contributed by atoms with Crippen molar-refractivity contribution in [2.24, 2.45) is 5.92 Å². The Bertz CT molecular complexity index is 1440.